The molecule has 1 aromatic carbocycles. The molecule has 1 aromatic rings. The molecule has 4 nitrogen and oxygen atoms in total. The molecule has 0 atom stereocenters. The number of benzene rings is 1. The summed E-state index contributed by atoms with van der Waals surface area (Å²) in [6.45, 7) is 9.98. The predicted octanol–water partition coefficient (Wildman–Crippen LogP) is 4.06. The van der Waals surface area contributed by atoms with Crippen molar-refractivity contribution in [2.75, 3.05) is 34.3 Å². The molecule has 0 aliphatic rings. The van der Waals surface area contributed by atoms with Gasteiger partial charge in [-0.2, -0.15) is 0 Å². The number of allylic oxidation sites excluding steroid dienone is 1. The number of hydrogen-bond donors (Lipinski definition) is 1. The number of methoxy groups -OCH3 is 1. The molecule has 0 spiro atoms. The highest BCUT2D eigenvalue weighted by molar-refractivity contribution is 14.0. The van der Waals surface area contributed by atoms with E-state index in [0.29, 0.717) is 0 Å². The number of rotatable bonds is 8. The van der Waals surface area contributed by atoms with Crippen LogP contribution in [0.3, 0.4) is 0 Å². The molecule has 1 N–H and O–H groups in total. The van der Waals surface area contributed by atoms with Crippen LogP contribution in [0.15, 0.2) is 41.9 Å². The van der Waals surface area contributed by atoms with Crippen molar-refractivity contribution in [3.05, 3.63) is 42.5 Å². The van der Waals surface area contributed by atoms with Crippen LogP contribution < -0.4 is 10.1 Å². The zero-order valence-corrected chi connectivity index (χ0v) is 18.0. The van der Waals surface area contributed by atoms with Crippen LogP contribution in [0.1, 0.15) is 32.3 Å². The molecule has 0 aliphatic heterocycles. The largest absolute Gasteiger partial charge is 0.497 e. The average molecular weight is 445 g/mol. The van der Waals surface area contributed by atoms with Crippen molar-refractivity contribution in [3.63, 3.8) is 0 Å². The molecule has 0 fully saturated rings. The summed E-state index contributed by atoms with van der Waals surface area (Å²) in [5.41, 5.74) is 1.22. The molecule has 24 heavy (non-hydrogen) atoms. The van der Waals surface area contributed by atoms with Gasteiger partial charge in [0.25, 0.3) is 0 Å². The molecule has 0 aliphatic carbocycles. The van der Waals surface area contributed by atoms with Crippen LogP contribution in [-0.4, -0.2) is 45.2 Å². The normalized spacial score (nSPS) is 11.5. The van der Waals surface area contributed by atoms with E-state index >= 15 is 0 Å². The third-order valence-corrected chi connectivity index (χ3v) is 4.01. The topological polar surface area (TPSA) is 36.9 Å². The van der Waals surface area contributed by atoms with Gasteiger partial charge in [0.05, 0.1) is 7.11 Å². The van der Waals surface area contributed by atoms with E-state index in [9.17, 15) is 0 Å². The second kappa shape index (κ2) is 11.3. The second-order valence-electron chi connectivity index (χ2n) is 6.37. The lowest BCUT2D eigenvalue weighted by molar-refractivity contribution is 0.410. The summed E-state index contributed by atoms with van der Waals surface area (Å²) in [5.74, 6) is 1.81. The monoisotopic (exact) mass is 445 g/mol. The molecule has 136 valence electrons. The van der Waals surface area contributed by atoms with E-state index in [4.69, 9.17) is 4.74 Å². The average Bonchev–Trinajstić information content (AvgIpc) is 2.55. The lowest BCUT2D eigenvalue weighted by Crippen LogP contribution is -2.44. The van der Waals surface area contributed by atoms with Gasteiger partial charge in [0.1, 0.15) is 5.75 Å². The molecule has 5 heteroatoms. The molecule has 0 unspecified atom stereocenters. The van der Waals surface area contributed by atoms with Gasteiger partial charge in [0.15, 0.2) is 5.96 Å². The van der Waals surface area contributed by atoms with Crippen LogP contribution in [0.25, 0.3) is 0 Å². The third-order valence-electron chi connectivity index (χ3n) is 4.01. The highest BCUT2D eigenvalue weighted by atomic mass is 127. The minimum absolute atomic E-state index is 0. The van der Waals surface area contributed by atoms with Crippen LogP contribution >= 0.6 is 24.0 Å². The van der Waals surface area contributed by atoms with E-state index in [1.807, 2.05) is 25.3 Å². The minimum atomic E-state index is -0.0214. The van der Waals surface area contributed by atoms with E-state index in [1.54, 1.807) is 7.11 Å². The first-order valence-corrected chi connectivity index (χ1v) is 8.12. The molecule has 0 bridgehead atoms. The van der Waals surface area contributed by atoms with E-state index < -0.39 is 0 Å². The number of nitrogens with one attached hydrogen (secondary N) is 1. The first-order valence-electron chi connectivity index (χ1n) is 8.12. The van der Waals surface area contributed by atoms with Crippen molar-refractivity contribution < 1.29 is 4.74 Å². The standard InChI is InChI=1S/C19H31N3O.HI/c1-7-8-9-13-22(5)18(20-4)21-15-19(2,3)16-11-10-12-17(14-16)23-6;/h7,10-12,14H,1,8-9,13,15H2,2-6H3,(H,20,21);1H. The van der Waals surface area contributed by atoms with Crippen molar-refractivity contribution in [2.24, 2.45) is 4.99 Å². The highest BCUT2D eigenvalue weighted by Crippen LogP contribution is 2.25. The smallest absolute Gasteiger partial charge is 0.193 e. The Labute approximate surface area is 164 Å². The molecule has 1 rings (SSSR count). The van der Waals surface area contributed by atoms with Gasteiger partial charge in [-0.05, 0) is 30.5 Å². The van der Waals surface area contributed by atoms with E-state index in [1.165, 1.54) is 5.56 Å². The Bertz CT molecular complexity index is 529. The number of ether oxygens (including phenoxy) is 1. The molecular weight excluding hydrogens is 413 g/mol. The number of hydrogen-bond acceptors (Lipinski definition) is 2. The van der Waals surface area contributed by atoms with Crippen molar-refractivity contribution in [1.29, 1.82) is 0 Å². The highest BCUT2D eigenvalue weighted by Gasteiger charge is 2.22. The van der Waals surface area contributed by atoms with Crippen LogP contribution in [-0.2, 0) is 5.41 Å². The zero-order valence-electron chi connectivity index (χ0n) is 15.6. The summed E-state index contributed by atoms with van der Waals surface area (Å²) in [4.78, 5) is 6.54. The van der Waals surface area contributed by atoms with Gasteiger partial charge in [-0.15, -0.1) is 30.6 Å². The van der Waals surface area contributed by atoms with Gasteiger partial charge in [-0.3, -0.25) is 4.99 Å². The number of guanidine groups is 1. The Morgan fingerprint density at radius 1 is 1.42 bits per heavy atom. The van der Waals surface area contributed by atoms with Gasteiger partial charge < -0.3 is 15.0 Å². The third kappa shape index (κ3) is 7.11. The number of halogens is 1. The minimum Gasteiger partial charge on any atom is -0.497 e. The first-order chi connectivity index (χ1) is 10.9. The summed E-state index contributed by atoms with van der Waals surface area (Å²) in [6.07, 6.45) is 4.06. The maximum atomic E-state index is 5.33. The van der Waals surface area contributed by atoms with E-state index in [0.717, 1.165) is 37.6 Å². The van der Waals surface area contributed by atoms with Crippen LogP contribution in [0.2, 0.25) is 0 Å². The van der Waals surface area contributed by atoms with Crippen molar-refractivity contribution >= 4 is 29.9 Å². The summed E-state index contributed by atoms with van der Waals surface area (Å²) in [7, 11) is 5.59. The number of unbranched alkanes of at least 4 members (excludes halogenated alkanes) is 1. The van der Waals surface area contributed by atoms with Crippen molar-refractivity contribution in [2.45, 2.75) is 32.1 Å². The molecule has 0 aromatic heterocycles. The number of nitrogens with zero attached hydrogens (tertiary/aromatic N) is 2. The van der Waals surface area contributed by atoms with Gasteiger partial charge in [0.2, 0.25) is 0 Å². The fourth-order valence-corrected chi connectivity index (χ4v) is 2.41. The molecular formula is C19H32IN3O. The molecule has 0 radical (unpaired) electrons. The summed E-state index contributed by atoms with van der Waals surface area (Å²) in [5, 5.41) is 3.48. The van der Waals surface area contributed by atoms with Gasteiger partial charge in [-0.1, -0.05) is 32.1 Å². The lowest BCUT2D eigenvalue weighted by Gasteiger charge is -2.29. The Balaban J connectivity index is 0.00000529. The predicted molar refractivity (Wildman–Crippen MR) is 115 cm³/mol. The van der Waals surface area contributed by atoms with Crippen LogP contribution in [0.4, 0.5) is 0 Å². The van der Waals surface area contributed by atoms with Gasteiger partial charge in [0, 0.05) is 32.6 Å². The molecule has 0 heterocycles. The van der Waals surface area contributed by atoms with Crippen molar-refractivity contribution in [1.82, 2.24) is 10.2 Å². The number of aliphatic imine (C=N–C) groups is 1. The van der Waals surface area contributed by atoms with Crippen LogP contribution in [0, 0.1) is 0 Å². The summed E-state index contributed by atoms with van der Waals surface area (Å²) < 4.78 is 5.33. The Morgan fingerprint density at radius 3 is 2.71 bits per heavy atom. The quantitative estimate of drug-likeness (QED) is 0.216. The fraction of sp³-hybridized carbons (Fsp3) is 0.526. The lowest BCUT2D eigenvalue weighted by atomic mass is 9.84. The zero-order chi connectivity index (χ0) is 17.3. The fourth-order valence-electron chi connectivity index (χ4n) is 2.41. The Hall–Kier alpha value is -1.24. The summed E-state index contributed by atoms with van der Waals surface area (Å²) >= 11 is 0. The van der Waals surface area contributed by atoms with E-state index in [-0.39, 0.29) is 29.4 Å². The Kier molecular flexibility index (Phi) is 10.8. The first kappa shape index (κ1) is 22.8. The second-order valence-corrected chi connectivity index (χ2v) is 6.37. The van der Waals surface area contributed by atoms with Gasteiger partial charge in [-0.25, -0.2) is 0 Å². The molecule has 0 saturated carbocycles. The van der Waals surface area contributed by atoms with E-state index in [2.05, 4.69) is 54.8 Å². The maximum Gasteiger partial charge on any atom is 0.193 e. The van der Waals surface area contributed by atoms with Crippen LogP contribution in [0.5, 0.6) is 5.75 Å². The molecule has 0 saturated heterocycles. The maximum absolute atomic E-state index is 5.33. The molecule has 0 amide bonds. The SMILES string of the molecule is C=CCCCN(C)C(=NC)NCC(C)(C)c1cccc(OC)c1.I. The Morgan fingerprint density at radius 2 is 2.12 bits per heavy atom. The van der Waals surface area contributed by atoms with Gasteiger partial charge >= 0.3 is 0 Å². The summed E-state index contributed by atoms with van der Waals surface area (Å²) in [6, 6.07) is 8.24. The van der Waals surface area contributed by atoms with Crippen molar-refractivity contribution in [3.8, 4) is 5.75 Å².